The van der Waals surface area contributed by atoms with Gasteiger partial charge >= 0.3 is 6.18 Å². The molecule has 5 rings (SSSR count). The number of halogens is 5. The number of hydrogen-bond acceptors (Lipinski definition) is 6. The van der Waals surface area contributed by atoms with Crippen LogP contribution in [0.3, 0.4) is 0 Å². The molecule has 0 saturated carbocycles. The lowest BCUT2D eigenvalue weighted by Gasteiger charge is -2.37. The van der Waals surface area contributed by atoms with E-state index in [0.717, 1.165) is 31.9 Å². The molecule has 0 spiro atoms. The van der Waals surface area contributed by atoms with Crippen molar-refractivity contribution in [2.45, 2.75) is 37.4 Å². The van der Waals surface area contributed by atoms with E-state index in [1.54, 1.807) is 23.1 Å². The second-order valence-electron chi connectivity index (χ2n) is 9.34. The monoisotopic (exact) mass is 520 g/mol. The van der Waals surface area contributed by atoms with Crippen LogP contribution in [0.25, 0.3) is 10.9 Å². The first kappa shape index (κ1) is 25.2. The van der Waals surface area contributed by atoms with Crippen LogP contribution in [0.2, 0.25) is 0 Å². The molecule has 1 amide bonds. The lowest BCUT2D eigenvalue weighted by atomic mass is 10.0. The number of likely N-dealkylation sites (tertiary alicyclic amines) is 1. The molecule has 7 nitrogen and oxygen atoms in total. The Hall–Kier alpha value is -3.41. The summed E-state index contributed by atoms with van der Waals surface area (Å²) < 4.78 is 66.5. The van der Waals surface area contributed by atoms with Gasteiger partial charge in [-0.3, -0.25) is 9.69 Å². The Morgan fingerprint density at radius 3 is 2.35 bits per heavy atom. The molecule has 0 aliphatic carbocycles. The summed E-state index contributed by atoms with van der Waals surface area (Å²) in [5, 5.41) is 3.53. The van der Waals surface area contributed by atoms with E-state index in [-0.39, 0.29) is 38.4 Å². The van der Waals surface area contributed by atoms with E-state index in [0.29, 0.717) is 27.8 Å². The SMILES string of the molecule is O=C(NCC(c1cnc(C(F)(F)F)nc1)N1CCC(F)(F)CC1)c1cc(N2CCC2)nc2ccccc12. The van der Waals surface area contributed by atoms with E-state index < -0.39 is 24.0 Å². The Labute approximate surface area is 209 Å². The van der Waals surface area contributed by atoms with Gasteiger partial charge < -0.3 is 10.2 Å². The fourth-order valence-corrected chi connectivity index (χ4v) is 4.62. The highest BCUT2D eigenvalue weighted by Gasteiger charge is 2.38. The van der Waals surface area contributed by atoms with Gasteiger partial charge in [-0.1, -0.05) is 18.2 Å². The number of rotatable bonds is 6. The topological polar surface area (TPSA) is 74.2 Å². The summed E-state index contributed by atoms with van der Waals surface area (Å²) in [6, 6.07) is 8.32. The second-order valence-corrected chi connectivity index (χ2v) is 9.34. The molecule has 0 bridgehead atoms. The highest BCUT2D eigenvalue weighted by molar-refractivity contribution is 6.07. The fraction of sp³-hybridized carbons (Fsp3) is 0.440. The Morgan fingerprint density at radius 2 is 1.73 bits per heavy atom. The Balaban J connectivity index is 1.40. The maximum absolute atomic E-state index is 13.8. The van der Waals surface area contributed by atoms with Crippen LogP contribution < -0.4 is 10.2 Å². The molecule has 2 aliphatic rings. The van der Waals surface area contributed by atoms with Crippen molar-refractivity contribution in [1.82, 2.24) is 25.2 Å². The van der Waals surface area contributed by atoms with Crippen LogP contribution in [-0.2, 0) is 6.18 Å². The molecule has 1 atom stereocenters. The quantitative estimate of drug-likeness (QED) is 0.484. The van der Waals surface area contributed by atoms with Gasteiger partial charge in [0.2, 0.25) is 5.82 Å². The molecule has 2 aromatic heterocycles. The minimum atomic E-state index is -4.70. The van der Waals surface area contributed by atoms with Crippen LogP contribution in [0, 0.1) is 0 Å². The fourth-order valence-electron chi connectivity index (χ4n) is 4.62. The van der Waals surface area contributed by atoms with Gasteiger partial charge in [0, 0.05) is 68.9 Å². The summed E-state index contributed by atoms with van der Waals surface area (Å²) in [5.41, 5.74) is 1.39. The normalized spacial score (nSPS) is 18.9. The molecule has 1 aromatic carbocycles. The zero-order valence-electron chi connectivity index (χ0n) is 19.8. The van der Waals surface area contributed by atoms with Crippen LogP contribution in [0.5, 0.6) is 0 Å². The third kappa shape index (κ3) is 5.48. The summed E-state index contributed by atoms with van der Waals surface area (Å²) in [5.74, 6) is -3.78. The van der Waals surface area contributed by atoms with Gasteiger partial charge in [0.15, 0.2) is 0 Å². The molecule has 196 valence electrons. The number of piperidine rings is 1. The number of anilines is 1. The molecule has 3 aromatic rings. The molecule has 2 aliphatic heterocycles. The number of nitrogens with one attached hydrogen (secondary N) is 1. The van der Waals surface area contributed by atoms with Crippen molar-refractivity contribution in [3.05, 3.63) is 59.7 Å². The van der Waals surface area contributed by atoms with Gasteiger partial charge in [-0.2, -0.15) is 13.2 Å². The number of pyridine rings is 1. The van der Waals surface area contributed by atoms with E-state index in [1.807, 2.05) is 12.1 Å². The van der Waals surface area contributed by atoms with Gasteiger partial charge in [-0.25, -0.2) is 23.7 Å². The van der Waals surface area contributed by atoms with Gasteiger partial charge in [-0.05, 0) is 18.6 Å². The molecule has 4 heterocycles. The van der Waals surface area contributed by atoms with Crippen LogP contribution in [0.1, 0.15) is 47.1 Å². The molecule has 2 fully saturated rings. The molecule has 1 N–H and O–H groups in total. The molecular formula is C25H25F5N6O. The number of alkyl halides is 5. The molecule has 2 saturated heterocycles. The third-order valence-corrected chi connectivity index (χ3v) is 6.86. The zero-order valence-corrected chi connectivity index (χ0v) is 19.8. The third-order valence-electron chi connectivity index (χ3n) is 6.86. The van der Waals surface area contributed by atoms with Crippen LogP contribution in [0.15, 0.2) is 42.7 Å². The number of fused-ring (bicyclic) bond motifs is 1. The standard InChI is InChI=1S/C25H25F5N6O/c26-24(27)6-10-35(11-7-24)20(16-13-32-23(33-14-16)25(28,29)30)15-31-22(37)18-12-21(36-8-3-9-36)34-19-5-2-1-4-17(18)19/h1-2,4-5,12-14,20H,3,6-11,15H2,(H,31,37). The predicted molar refractivity (Wildman–Crippen MR) is 126 cm³/mol. The first-order valence-corrected chi connectivity index (χ1v) is 12.0. The average molecular weight is 521 g/mol. The van der Waals surface area contributed by atoms with E-state index in [2.05, 4.69) is 25.2 Å². The number of carbonyl (C=O) groups is 1. The Bertz CT molecular complexity index is 1270. The first-order valence-electron chi connectivity index (χ1n) is 12.0. The maximum Gasteiger partial charge on any atom is 0.451 e. The number of benzene rings is 1. The van der Waals surface area contributed by atoms with Crippen molar-refractivity contribution in [3.63, 3.8) is 0 Å². The second kappa shape index (κ2) is 9.81. The summed E-state index contributed by atoms with van der Waals surface area (Å²) in [7, 11) is 0. The molecule has 1 unspecified atom stereocenters. The summed E-state index contributed by atoms with van der Waals surface area (Å²) >= 11 is 0. The lowest BCUT2D eigenvalue weighted by Crippen LogP contribution is -2.45. The van der Waals surface area contributed by atoms with Crippen molar-refractivity contribution >= 4 is 22.6 Å². The number of carbonyl (C=O) groups excluding carboxylic acids is 1. The van der Waals surface area contributed by atoms with Gasteiger partial charge in [0.1, 0.15) is 5.82 Å². The van der Waals surface area contributed by atoms with E-state index in [9.17, 15) is 26.7 Å². The Kier molecular flexibility index (Phi) is 6.69. The predicted octanol–water partition coefficient (Wildman–Crippen LogP) is 4.46. The number of aromatic nitrogens is 3. The van der Waals surface area contributed by atoms with Crippen molar-refractivity contribution in [2.75, 3.05) is 37.6 Å². The maximum atomic E-state index is 13.8. The van der Waals surface area contributed by atoms with E-state index in [1.165, 1.54) is 0 Å². The van der Waals surface area contributed by atoms with Crippen molar-refractivity contribution in [2.24, 2.45) is 0 Å². The number of para-hydroxylation sites is 1. The van der Waals surface area contributed by atoms with Crippen molar-refractivity contribution in [3.8, 4) is 0 Å². The van der Waals surface area contributed by atoms with Crippen LogP contribution in [0.4, 0.5) is 27.8 Å². The van der Waals surface area contributed by atoms with Crippen molar-refractivity contribution in [1.29, 1.82) is 0 Å². The largest absolute Gasteiger partial charge is 0.451 e. The number of hydrogen-bond donors (Lipinski definition) is 1. The molecule has 12 heteroatoms. The molecular weight excluding hydrogens is 495 g/mol. The van der Waals surface area contributed by atoms with Crippen LogP contribution in [-0.4, -0.2) is 64.4 Å². The molecule has 0 radical (unpaired) electrons. The van der Waals surface area contributed by atoms with Crippen molar-refractivity contribution < 1.29 is 26.7 Å². The summed E-state index contributed by atoms with van der Waals surface area (Å²) in [6.45, 7) is 1.72. The van der Waals surface area contributed by atoms with E-state index in [4.69, 9.17) is 0 Å². The lowest BCUT2D eigenvalue weighted by molar-refractivity contribution is -0.145. The summed E-state index contributed by atoms with van der Waals surface area (Å²) in [6.07, 6.45) is -2.33. The van der Waals surface area contributed by atoms with Crippen LogP contribution >= 0.6 is 0 Å². The smallest absolute Gasteiger partial charge is 0.356 e. The number of amides is 1. The van der Waals surface area contributed by atoms with Gasteiger partial charge in [0.25, 0.3) is 11.8 Å². The minimum absolute atomic E-state index is 0.0190. The Morgan fingerprint density at radius 1 is 1.05 bits per heavy atom. The number of nitrogens with zero attached hydrogens (tertiary/aromatic N) is 5. The van der Waals surface area contributed by atoms with Gasteiger partial charge in [-0.15, -0.1) is 0 Å². The van der Waals surface area contributed by atoms with Gasteiger partial charge in [0.05, 0.1) is 17.1 Å². The van der Waals surface area contributed by atoms with E-state index >= 15 is 0 Å². The highest BCUT2D eigenvalue weighted by Crippen LogP contribution is 2.33. The summed E-state index contributed by atoms with van der Waals surface area (Å²) in [4.78, 5) is 28.7. The average Bonchev–Trinajstić information content (AvgIpc) is 2.83. The zero-order chi connectivity index (χ0) is 26.2. The first-order chi connectivity index (χ1) is 17.6. The highest BCUT2D eigenvalue weighted by atomic mass is 19.4. The molecule has 37 heavy (non-hydrogen) atoms. The minimum Gasteiger partial charge on any atom is -0.356 e.